The van der Waals surface area contributed by atoms with Crippen LogP contribution in [-0.2, 0) is 11.2 Å². The highest BCUT2D eigenvalue weighted by molar-refractivity contribution is 14.0. The second kappa shape index (κ2) is 10.4. The van der Waals surface area contributed by atoms with Crippen molar-refractivity contribution >= 4 is 41.5 Å². The maximum absolute atomic E-state index is 10.9. The van der Waals surface area contributed by atoms with Crippen LogP contribution < -0.4 is 16.4 Å². The molecule has 0 aromatic heterocycles. The average Bonchev–Trinajstić information content (AvgIpc) is 2.38. The quantitative estimate of drug-likeness (QED) is 0.387. The molecule has 0 aliphatic heterocycles. The first-order valence-corrected chi connectivity index (χ1v) is 6.87. The number of rotatable bonds is 6. The van der Waals surface area contributed by atoms with Gasteiger partial charge in [0.05, 0.1) is 0 Å². The van der Waals surface area contributed by atoms with Gasteiger partial charge in [0.25, 0.3) is 0 Å². The molecule has 6 heteroatoms. The van der Waals surface area contributed by atoms with Crippen LogP contribution in [0.5, 0.6) is 0 Å². The van der Waals surface area contributed by atoms with E-state index in [1.807, 2.05) is 24.3 Å². The molecule has 0 aliphatic carbocycles. The molecule has 5 nitrogen and oxygen atoms in total. The minimum atomic E-state index is -0.0615. The van der Waals surface area contributed by atoms with Gasteiger partial charge in [0.2, 0.25) is 5.91 Å². The van der Waals surface area contributed by atoms with Crippen molar-refractivity contribution in [1.29, 1.82) is 0 Å². The van der Waals surface area contributed by atoms with Gasteiger partial charge in [0, 0.05) is 25.7 Å². The molecule has 0 atom stereocenters. The van der Waals surface area contributed by atoms with Gasteiger partial charge in [-0.05, 0) is 30.0 Å². The third kappa shape index (κ3) is 9.28. The lowest BCUT2D eigenvalue weighted by atomic mass is 10.1. The van der Waals surface area contributed by atoms with Crippen molar-refractivity contribution in [3.8, 4) is 0 Å². The second-order valence-electron chi connectivity index (χ2n) is 5.17. The Labute approximate surface area is 143 Å². The molecule has 1 rings (SSSR count). The molecule has 0 saturated carbocycles. The van der Waals surface area contributed by atoms with E-state index in [0.29, 0.717) is 11.9 Å². The van der Waals surface area contributed by atoms with Gasteiger partial charge in [-0.1, -0.05) is 26.0 Å². The molecule has 1 amide bonds. The normalized spacial score (nSPS) is 11.0. The van der Waals surface area contributed by atoms with Crippen LogP contribution in [0.1, 0.15) is 26.3 Å². The Kier molecular flexibility index (Phi) is 9.77. The predicted molar refractivity (Wildman–Crippen MR) is 99.2 cm³/mol. The number of anilines is 1. The Balaban J connectivity index is 0.00000400. The summed E-state index contributed by atoms with van der Waals surface area (Å²) in [4.78, 5) is 15.1. The summed E-state index contributed by atoms with van der Waals surface area (Å²) in [7, 11) is 0. The summed E-state index contributed by atoms with van der Waals surface area (Å²) < 4.78 is 0. The Morgan fingerprint density at radius 1 is 1.29 bits per heavy atom. The second-order valence-corrected chi connectivity index (χ2v) is 5.17. The third-order valence-corrected chi connectivity index (χ3v) is 2.62. The molecule has 0 bridgehead atoms. The van der Waals surface area contributed by atoms with Crippen molar-refractivity contribution in [2.75, 3.05) is 18.4 Å². The highest BCUT2D eigenvalue weighted by Gasteiger charge is 1.98. The molecule has 0 unspecified atom stereocenters. The van der Waals surface area contributed by atoms with E-state index in [1.165, 1.54) is 12.5 Å². The van der Waals surface area contributed by atoms with Gasteiger partial charge in [-0.15, -0.1) is 24.0 Å². The van der Waals surface area contributed by atoms with E-state index in [1.54, 1.807) is 0 Å². The molecule has 118 valence electrons. The number of hydrogen-bond donors (Lipinski definition) is 3. The summed E-state index contributed by atoms with van der Waals surface area (Å²) in [6.07, 6.45) is 0.859. The number of nitrogens with one attached hydrogen (secondary N) is 2. The van der Waals surface area contributed by atoms with Crippen molar-refractivity contribution in [2.45, 2.75) is 27.2 Å². The fraction of sp³-hybridized carbons (Fsp3) is 0.467. The SMILES string of the molecule is CC(=O)Nc1ccc(CCNC(N)=NCC(C)C)cc1.I. The third-order valence-electron chi connectivity index (χ3n) is 2.62. The number of carbonyl (C=O) groups is 1. The van der Waals surface area contributed by atoms with Crippen molar-refractivity contribution in [3.05, 3.63) is 29.8 Å². The summed E-state index contributed by atoms with van der Waals surface area (Å²) in [5.41, 5.74) is 7.75. The summed E-state index contributed by atoms with van der Waals surface area (Å²) in [6, 6.07) is 7.78. The molecule has 1 aromatic carbocycles. The van der Waals surface area contributed by atoms with Crippen molar-refractivity contribution < 1.29 is 4.79 Å². The van der Waals surface area contributed by atoms with Crippen molar-refractivity contribution in [1.82, 2.24) is 5.32 Å². The Morgan fingerprint density at radius 2 is 1.90 bits per heavy atom. The molecule has 0 saturated heterocycles. The highest BCUT2D eigenvalue weighted by atomic mass is 127. The summed E-state index contributed by atoms with van der Waals surface area (Å²) >= 11 is 0. The van der Waals surface area contributed by atoms with Gasteiger partial charge in [0.1, 0.15) is 0 Å². The zero-order chi connectivity index (χ0) is 15.0. The number of aliphatic imine (C=N–C) groups is 1. The van der Waals surface area contributed by atoms with Gasteiger partial charge >= 0.3 is 0 Å². The van der Waals surface area contributed by atoms with Crippen LogP contribution in [0.3, 0.4) is 0 Å². The van der Waals surface area contributed by atoms with E-state index in [4.69, 9.17) is 5.73 Å². The standard InChI is InChI=1S/C15H24N4O.HI/c1-11(2)10-18-15(16)17-9-8-13-4-6-14(7-5-13)19-12(3)20;/h4-7,11H,8-10H2,1-3H3,(H,19,20)(H3,16,17,18);1H. The Hall–Kier alpha value is -1.31. The molecule has 1 aromatic rings. The lowest BCUT2D eigenvalue weighted by molar-refractivity contribution is -0.114. The first kappa shape index (κ1) is 19.7. The average molecular weight is 404 g/mol. The number of carbonyl (C=O) groups excluding carboxylic acids is 1. The minimum Gasteiger partial charge on any atom is -0.370 e. The van der Waals surface area contributed by atoms with E-state index in [2.05, 4.69) is 29.5 Å². The highest BCUT2D eigenvalue weighted by Crippen LogP contribution is 2.09. The van der Waals surface area contributed by atoms with Crippen LogP contribution >= 0.6 is 24.0 Å². The molecule has 0 spiro atoms. The minimum absolute atomic E-state index is 0. The van der Waals surface area contributed by atoms with Gasteiger partial charge in [-0.25, -0.2) is 0 Å². The van der Waals surface area contributed by atoms with E-state index >= 15 is 0 Å². The van der Waals surface area contributed by atoms with Crippen molar-refractivity contribution in [3.63, 3.8) is 0 Å². The first-order valence-electron chi connectivity index (χ1n) is 6.87. The van der Waals surface area contributed by atoms with E-state index < -0.39 is 0 Å². The summed E-state index contributed by atoms with van der Waals surface area (Å²) in [5, 5.41) is 5.83. The van der Waals surface area contributed by atoms with Crippen LogP contribution in [0.25, 0.3) is 0 Å². The Bertz CT molecular complexity index is 457. The molecular formula is C15H25IN4O. The summed E-state index contributed by atoms with van der Waals surface area (Å²) in [5.74, 6) is 0.943. The maximum Gasteiger partial charge on any atom is 0.221 e. The van der Waals surface area contributed by atoms with Gasteiger partial charge in [-0.3, -0.25) is 9.79 Å². The van der Waals surface area contributed by atoms with Gasteiger partial charge in [-0.2, -0.15) is 0 Å². The van der Waals surface area contributed by atoms with Gasteiger partial charge in [0.15, 0.2) is 5.96 Å². The van der Waals surface area contributed by atoms with Crippen LogP contribution in [-0.4, -0.2) is 25.0 Å². The molecule has 4 N–H and O–H groups in total. The molecule has 0 fully saturated rings. The Morgan fingerprint density at radius 3 is 2.43 bits per heavy atom. The number of amides is 1. The number of nitrogens with two attached hydrogens (primary N) is 1. The molecule has 21 heavy (non-hydrogen) atoms. The number of benzene rings is 1. The van der Waals surface area contributed by atoms with Crippen molar-refractivity contribution in [2.24, 2.45) is 16.6 Å². The number of guanidine groups is 1. The van der Waals surface area contributed by atoms with E-state index in [0.717, 1.165) is 25.2 Å². The molecule has 0 radical (unpaired) electrons. The van der Waals surface area contributed by atoms with Gasteiger partial charge < -0.3 is 16.4 Å². The van der Waals surface area contributed by atoms with Crippen LogP contribution in [0.15, 0.2) is 29.3 Å². The summed E-state index contributed by atoms with van der Waals surface area (Å²) in [6.45, 7) is 7.19. The number of halogens is 1. The predicted octanol–water partition coefficient (Wildman–Crippen LogP) is 2.37. The fourth-order valence-corrected chi connectivity index (χ4v) is 1.63. The molecule has 0 heterocycles. The molecule has 0 aliphatic rings. The lowest BCUT2D eigenvalue weighted by Crippen LogP contribution is -2.33. The number of hydrogen-bond acceptors (Lipinski definition) is 2. The monoisotopic (exact) mass is 404 g/mol. The van der Waals surface area contributed by atoms with Crippen LogP contribution in [0.2, 0.25) is 0 Å². The number of nitrogens with zero attached hydrogens (tertiary/aromatic N) is 1. The van der Waals surface area contributed by atoms with Crippen LogP contribution in [0, 0.1) is 5.92 Å². The largest absolute Gasteiger partial charge is 0.370 e. The first-order chi connectivity index (χ1) is 9.47. The smallest absolute Gasteiger partial charge is 0.221 e. The zero-order valence-corrected chi connectivity index (χ0v) is 15.2. The van der Waals surface area contributed by atoms with E-state index in [9.17, 15) is 4.79 Å². The van der Waals surface area contributed by atoms with Crippen LogP contribution in [0.4, 0.5) is 5.69 Å². The fourth-order valence-electron chi connectivity index (χ4n) is 1.63. The van der Waals surface area contributed by atoms with E-state index in [-0.39, 0.29) is 29.9 Å². The topological polar surface area (TPSA) is 79.5 Å². The zero-order valence-electron chi connectivity index (χ0n) is 12.8. The molecular weight excluding hydrogens is 379 g/mol. The lowest BCUT2D eigenvalue weighted by Gasteiger charge is -2.07. The maximum atomic E-state index is 10.9.